The van der Waals surface area contributed by atoms with E-state index in [2.05, 4.69) is 32.2 Å². The Labute approximate surface area is 116 Å². The Morgan fingerprint density at radius 1 is 1.40 bits per heavy atom. The number of benzene rings is 1. The second kappa shape index (κ2) is 6.67. The molecule has 0 fully saturated rings. The largest absolute Gasteiger partial charge is 0.351 e. The minimum Gasteiger partial charge on any atom is -0.351 e. The van der Waals surface area contributed by atoms with Crippen LogP contribution in [-0.2, 0) is 6.42 Å². The van der Waals surface area contributed by atoms with Crippen molar-refractivity contribution in [2.75, 3.05) is 11.9 Å². The summed E-state index contributed by atoms with van der Waals surface area (Å²) in [6.07, 6.45) is 2.03. The summed E-state index contributed by atoms with van der Waals surface area (Å²) in [6.45, 7) is 2.81. The summed E-state index contributed by atoms with van der Waals surface area (Å²) in [7, 11) is 0. The van der Waals surface area contributed by atoms with Crippen molar-refractivity contribution in [1.29, 1.82) is 0 Å². The molecular formula is C13H17N5O2. The van der Waals surface area contributed by atoms with Crippen molar-refractivity contribution >= 4 is 11.7 Å². The molecule has 1 unspecified atom stereocenters. The zero-order chi connectivity index (χ0) is 14.4. The highest BCUT2D eigenvalue weighted by atomic mass is 16.5. The van der Waals surface area contributed by atoms with Crippen LogP contribution in [0.5, 0.6) is 0 Å². The van der Waals surface area contributed by atoms with Crippen LogP contribution in [0.4, 0.5) is 10.5 Å². The third kappa shape index (κ3) is 4.06. The van der Waals surface area contributed by atoms with Gasteiger partial charge in [-0.15, -0.1) is 0 Å². The fraction of sp³-hybridized carbons (Fsp3) is 0.308. The number of nitrogens with one attached hydrogen (secondary N) is 2. The fourth-order valence-electron chi connectivity index (χ4n) is 1.82. The van der Waals surface area contributed by atoms with E-state index in [1.165, 1.54) is 6.39 Å². The summed E-state index contributed by atoms with van der Waals surface area (Å²) in [4.78, 5) is 14.7. The molecule has 0 aliphatic rings. The van der Waals surface area contributed by atoms with Crippen molar-refractivity contribution in [1.82, 2.24) is 15.5 Å². The molecule has 0 aliphatic carbocycles. The molecule has 0 spiro atoms. The number of hydrogen-bond acceptors (Lipinski definition) is 5. The molecule has 2 amide bonds. The average Bonchev–Trinajstić information content (AvgIpc) is 2.92. The maximum Gasteiger partial charge on any atom is 0.316 e. The highest BCUT2D eigenvalue weighted by molar-refractivity contribution is 5.87. The molecule has 4 N–H and O–H groups in total. The fourth-order valence-corrected chi connectivity index (χ4v) is 1.82. The Bertz CT molecular complexity index is 538. The molecular weight excluding hydrogens is 258 g/mol. The Morgan fingerprint density at radius 2 is 2.15 bits per heavy atom. The molecule has 106 valence electrons. The predicted molar refractivity (Wildman–Crippen MR) is 74.1 cm³/mol. The van der Waals surface area contributed by atoms with E-state index in [-0.39, 0.29) is 6.04 Å². The van der Waals surface area contributed by atoms with Crippen molar-refractivity contribution in [3.8, 4) is 0 Å². The number of carbonyl (C=O) groups excluding carboxylic acids is 1. The van der Waals surface area contributed by atoms with Gasteiger partial charge in [-0.25, -0.2) is 4.79 Å². The van der Waals surface area contributed by atoms with Gasteiger partial charge >= 0.3 is 6.03 Å². The Balaban J connectivity index is 1.82. The molecule has 1 atom stereocenters. The zero-order valence-corrected chi connectivity index (χ0v) is 11.2. The van der Waals surface area contributed by atoms with Gasteiger partial charge in [-0.3, -0.25) is 0 Å². The number of hydrogen-bond donors (Lipinski definition) is 3. The number of anilines is 1. The first-order valence-corrected chi connectivity index (χ1v) is 6.30. The molecule has 1 aromatic heterocycles. The van der Waals surface area contributed by atoms with Gasteiger partial charge in [0.25, 0.3) is 0 Å². The first-order valence-electron chi connectivity index (χ1n) is 6.30. The van der Waals surface area contributed by atoms with Crippen molar-refractivity contribution in [2.24, 2.45) is 5.73 Å². The minimum atomic E-state index is -0.566. The lowest BCUT2D eigenvalue weighted by molar-refractivity contribution is 0.259. The number of rotatable bonds is 6. The summed E-state index contributed by atoms with van der Waals surface area (Å²) in [6, 6.07) is 7.14. The van der Waals surface area contributed by atoms with Gasteiger partial charge in [-0.05, 0) is 24.6 Å². The van der Waals surface area contributed by atoms with E-state index in [1.807, 2.05) is 24.3 Å². The lowest BCUT2D eigenvalue weighted by Crippen LogP contribution is -2.22. The van der Waals surface area contributed by atoms with Crippen LogP contribution < -0.4 is 16.4 Å². The average molecular weight is 275 g/mol. The molecule has 7 heteroatoms. The van der Waals surface area contributed by atoms with Crippen LogP contribution in [0.3, 0.4) is 0 Å². The number of nitrogens with zero attached hydrogens (tertiary/aromatic N) is 2. The van der Waals surface area contributed by atoms with Crippen LogP contribution in [0.1, 0.15) is 24.4 Å². The van der Waals surface area contributed by atoms with Gasteiger partial charge in [0.05, 0.1) is 0 Å². The minimum absolute atomic E-state index is 0.185. The molecule has 2 rings (SSSR count). The van der Waals surface area contributed by atoms with Gasteiger partial charge in [-0.2, -0.15) is 4.98 Å². The van der Waals surface area contributed by atoms with E-state index in [1.54, 1.807) is 0 Å². The first-order chi connectivity index (χ1) is 9.65. The highest BCUT2D eigenvalue weighted by Crippen LogP contribution is 2.15. The molecule has 1 heterocycles. The third-order valence-corrected chi connectivity index (χ3v) is 2.88. The van der Waals surface area contributed by atoms with Crippen LogP contribution in [0.25, 0.3) is 0 Å². The van der Waals surface area contributed by atoms with Crippen LogP contribution >= 0.6 is 0 Å². The summed E-state index contributed by atoms with van der Waals surface area (Å²) >= 11 is 0. The van der Waals surface area contributed by atoms with Gasteiger partial charge in [0.2, 0.25) is 6.39 Å². The highest BCUT2D eigenvalue weighted by Gasteiger charge is 2.06. The number of carbonyl (C=O) groups is 1. The normalized spacial score (nSPS) is 12.1. The van der Waals surface area contributed by atoms with Crippen molar-refractivity contribution in [2.45, 2.75) is 19.4 Å². The number of amides is 2. The molecule has 20 heavy (non-hydrogen) atoms. The van der Waals surface area contributed by atoms with E-state index in [0.29, 0.717) is 17.9 Å². The lowest BCUT2D eigenvalue weighted by Gasteiger charge is -2.14. The Kier molecular flexibility index (Phi) is 4.67. The monoisotopic (exact) mass is 275 g/mol. The number of primary amides is 1. The predicted octanol–water partition coefficient (Wildman–Crippen LogP) is 1.45. The topological polar surface area (TPSA) is 106 Å². The van der Waals surface area contributed by atoms with Gasteiger partial charge in [0, 0.05) is 24.7 Å². The summed E-state index contributed by atoms with van der Waals surface area (Å²) < 4.78 is 4.67. The molecule has 0 aliphatic heterocycles. The molecule has 2 aromatic rings. The van der Waals surface area contributed by atoms with Crippen LogP contribution in [0.2, 0.25) is 0 Å². The van der Waals surface area contributed by atoms with E-state index < -0.39 is 6.03 Å². The van der Waals surface area contributed by atoms with Gasteiger partial charge < -0.3 is 20.9 Å². The van der Waals surface area contributed by atoms with Gasteiger partial charge in [0.15, 0.2) is 5.82 Å². The summed E-state index contributed by atoms with van der Waals surface area (Å²) in [5.41, 5.74) is 6.85. The molecule has 0 saturated heterocycles. The van der Waals surface area contributed by atoms with E-state index >= 15 is 0 Å². The second-order valence-corrected chi connectivity index (χ2v) is 4.38. The van der Waals surface area contributed by atoms with Crippen LogP contribution in [0, 0.1) is 0 Å². The second-order valence-electron chi connectivity index (χ2n) is 4.38. The van der Waals surface area contributed by atoms with Gasteiger partial charge in [-0.1, -0.05) is 17.3 Å². The maximum absolute atomic E-state index is 10.7. The van der Waals surface area contributed by atoms with Gasteiger partial charge in [0.1, 0.15) is 0 Å². The first kappa shape index (κ1) is 14.0. The summed E-state index contributed by atoms with van der Waals surface area (Å²) in [5.74, 6) is 0.686. The lowest BCUT2D eigenvalue weighted by atomic mass is 10.1. The van der Waals surface area contributed by atoms with Crippen LogP contribution in [0.15, 0.2) is 35.2 Å². The third-order valence-electron chi connectivity index (χ3n) is 2.88. The smallest absolute Gasteiger partial charge is 0.316 e. The van der Waals surface area contributed by atoms with Crippen molar-refractivity contribution in [3.63, 3.8) is 0 Å². The number of aromatic nitrogens is 2. The standard InChI is InChI=1S/C13H17N5O2/c1-9(15-7-6-12-16-8-20-18-12)10-2-4-11(5-3-10)17-13(14)19/h2-5,8-9,15H,6-7H2,1H3,(H3,14,17,19). The molecule has 7 nitrogen and oxygen atoms in total. The molecule has 0 radical (unpaired) electrons. The van der Waals surface area contributed by atoms with E-state index in [0.717, 1.165) is 12.1 Å². The number of urea groups is 1. The zero-order valence-electron chi connectivity index (χ0n) is 11.2. The molecule has 0 saturated carbocycles. The Morgan fingerprint density at radius 3 is 2.75 bits per heavy atom. The Hall–Kier alpha value is -2.41. The number of nitrogens with two attached hydrogens (primary N) is 1. The summed E-state index contributed by atoms with van der Waals surface area (Å²) in [5, 5.41) is 9.63. The SMILES string of the molecule is CC(NCCc1ncon1)c1ccc(NC(N)=O)cc1. The van der Waals surface area contributed by atoms with Crippen LogP contribution in [-0.4, -0.2) is 22.7 Å². The maximum atomic E-state index is 10.7. The molecule has 1 aromatic carbocycles. The van der Waals surface area contributed by atoms with Crippen molar-refractivity contribution in [3.05, 3.63) is 42.0 Å². The van der Waals surface area contributed by atoms with E-state index in [9.17, 15) is 4.79 Å². The quantitative estimate of drug-likeness (QED) is 0.740. The van der Waals surface area contributed by atoms with E-state index in [4.69, 9.17) is 5.73 Å². The molecule has 0 bridgehead atoms. The van der Waals surface area contributed by atoms with Crippen molar-refractivity contribution < 1.29 is 9.32 Å².